The second-order valence-electron chi connectivity index (χ2n) is 6.33. The molecule has 0 amide bonds. The molecule has 2 aliphatic carbocycles. The molecule has 2 rings (SSSR count). The van der Waals surface area contributed by atoms with Gasteiger partial charge in [-0.25, -0.2) is 0 Å². The first-order valence-corrected chi connectivity index (χ1v) is 8.21. The molecule has 4 heteroatoms. The maximum Gasteiger partial charge on any atom is 0.339 e. The fourth-order valence-electron chi connectivity index (χ4n) is 3.39. The van der Waals surface area contributed by atoms with E-state index >= 15 is 0 Å². The molecule has 0 aliphatic heterocycles. The Balaban J connectivity index is 2.27. The van der Waals surface area contributed by atoms with Crippen LogP contribution in [0.3, 0.4) is 0 Å². The van der Waals surface area contributed by atoms with Crippen molar-refractivity contribution in [3.63, 3.8) is 0 Å². The van der Waals surface area contributed by atoms with Crippen LogP contribution in [0.2, 0.25) is 0 Å². The van der Waals surface area contributed by atoms with Crippen molar-refractivity contribution in [2.45, 2.75) is 70.6 Å². The van der Waals surface area contributed by atoms with Gasteiger partial charge in [0.15, 0.2) is 0 Å². The van der Waals surface area contributed by atoms with Crippen molar-refractivity contribution in [3.8, 4) is 0 Å². The SMILES string of the molecule is CCCC1=CC=C(C2=CCC(CCC)CC2)C(F)(F)C1(F)F. The van der Waals surface area contributed by atoms with Crippen molar-refractivity contribution in [2.75, 3.05) is 0 Å². The lowest BCUT2D eigenvalue weighted by atomic mass is 9.78. The maximum atomic E-state index is 14.3. The van der Waals surface area contributed by atoms with Crippen LogP contribution in [0.5, 0.6) is 0 Å². The van der Waals surface area contributed by atoms with E-state index in [1.165, 1.54) is 12.2 Å². The van der Waals surface area contributed by atoms with Gasteiger partial charge in [-0.3, -0.25) is 0 Å². The van der Waals surface area contributed by atoms with E-state index in [1.807, 2.05) is 0 Å². The van der Waals surface area contributed by atoms with Crippen LogP contribution in [0.25, 0.3) is 0 Å². The average molecular weight is 316 g/mol. The minimum atomic E-state index is -4.10. The van der Waals surface area contributed by atoms with Gasteiger partial charge in [-0.15, -0.1) is 0 Å². The molecule has 0 aromatic rings. The van der Waals surface area contributed by atoms with Crippen molar-refractivity contribution in [1.82, 2.24) is 0 Å². The first-order valence-electron chi connectivity index (χ1n) is 8.21. The third-order valence-electron chi connectivity index (χ3n) is 4.67. The summed E-state index contributed by atoms with van der Waals surface area (Å²) in [6.07, 6.45) is 8.73. The Bertz CT molecular complexity index is 497. The van der Waals surface area contributed by atoms with Crippen molar-refractivity contribution in [2.24, 2.45) is 5.92 Å². The smallest absolute Gasteiger partial charge is 0.194 e. The van der Waals surface area contributed by atoms with Gasteiger partial charge in [0, 0.05) is 11.1 Å². The van der Waals surface area contributed by atoms with Crippen LogP contribution < -0.4 is 0 Å². The Labute approximate surface area is 130 Å². The normalized spacial score (nSPS) is 27.0. The molecule has 0 aromatic carbocycles. The largest absolute Gasteiger partial charge is 0.339 e. The Morgan fingerprint density at radius 2 is 1.77 bits per heavy atom. The lowest BCUT2D eigenvalue weighted by Crippen LogP contribution is -2.45. The zero-order valence-corrected chi connectivity index (χ0v) is 13.3. The van der Waals surface area contributed by atoms with Gasteiger partial charge in [0.25, 0.3) is 0 Å². The van der Waals surface area contributed by atoms with E-state index in [0.29, 0.717) is 30.8 Å². The highest BCUT2D eigenvalue weighted by Gasteiger charge is 2.61. The average Bonchev–Trinajstić information content (AvgIpc) is 2.46. The highest BCUT2D eigenvalue weighted by molar-refractivity contribution is 5.48. The highest BCUT2D eigenvalue weighted by atomic mass is 19.3. The summed E-state index contributed by atoms with van der Waals surface area (Å²) in [6, 6.07) is 0. The standard InChI is InChI=1S/C18H24F4/c1-3-5-13-7-9-14(10-8-13)16-12-11-15(6-4-2)17(19,20)18(16,21)22/h9,11-13H,3-8,10H2,1-2H3. The van der Waals surface area contributed by atoms with Gasteiger partial charge in [-0.1, -0.05) is 51.3 Å². The molecule has 0 aromatic heterocycles. The monoisotopic (exact) mass is 316 g/mol. The third-order valence-corrected chi connectivity index (χ3v) is 4.67. The second kappa shape index (κ2) is 6.59. The van der Waals surface area contributed by atoms with E-state index in [-0.39, 0.29) is 6.42 Å². The number of halogens is 4. The van der Waals surface area contributed by atoms with Gasteiger partial charge in [-0.2, -0.15) is 17.6 Å². The zero-order chi connectivity index (χ0) is 16.4. The summed E-state index contributed by atoms with van der Waals surface area (Å²) in [5.41, 5.74) is -0.528. The molecule has 0 heterocycles. The van der Waals surface area contributed by atoms with Gasteiger partial charge in [-0.05, 0) is 37.2 Å². The zero-order valence-electron chi connectivity index (χ0n) is 13.3. The van der Waals surface area contributed by atoms with Crippen LogP contribution in [-0.2, 0) is 0 Å². The molecule has 2 aliphatic rings. The summed E-state index contributed by atoms with van der Waals surface area (Å²) < 4.78 is 57.0. The van der Waals surface area contributed by atoms with Crippen LogP contribution >= 0.6 is 0 Å². The van der Waals surface area contributed by atoms with E-state index in [2.05, 4.69) is 6.92 Å². The molecule has 1 unspecified atom stereocenters. The van der Waals surface area contributed by atoms with E-state index in [0.717, 1.165) is 19.3 Å². The summed E-state index contributed by atoms with van der Waals surface area (Å²) in [5, 5.41) is 0. The highest BCUT2D eigenvalue weighted by Crippen LogP contribution is 2.51. The molecule has 0 fully saturated rings. The third kappa shape index (κ3) is 3.02. The summed E-state index contributed by atoms with van der Waals surface area (Å²) in [5.74, 6) is -7.68. The summed E-state index contributed by atoms with van der Waals surface area (Å²) in [7, 11) is 0. The Kier molecular flexibility index (Phi) is 5.18. The van der Waals surface area contributed by atoms with Crippen molar-refractivity contribution in [1.29, 1.82) is 0 Å². The molecular weight excluding hydrogens is 292 g/mol. The molecule has 124 valence electrons. The lowest BCUT2D eigenvalue weighted by Gasteiger charge is -2.35. The van der Waals surface area contributed by atoms with E-state index in [4.69, 9.17) is 0 Å². The number of hydrogen-bond donors (Lipinski definition) is 0. The topological polar surface area (TPSA) is 0 Å². The molecule has 0 saturated carbocycles. The van der Waals surface area contributed by atoms with Crippen LogP contribution in [0.15, 0.2) is 34.9 Å². The Morgan fingerprint density at radius 3 is 2.32 bits per heavy atom. The second-order valence-corrected chi connectivity index (χ2v) is 6.33. The molecule has 0 spiro atoms. The number of alkyl halides is 4. The fraction of sp³-hybridized carbons (Fsp3) is 0.667. The fourth-order valence-corrected chi connectivity index (χ4v) is 3.39. The Morgan fingerprint density at radius 1 is 1.05 bits per heavy atom. The van der Waals surface area contributed by atoms with Crippen molar-refractivity contribution in [3.05, 3.63) is 34.9 Å². The van der Waals surface area contributed by atoms with Gasteiger partial charge >= 0.3 is 11.8 Å². The minimum Gasteiger partial charge on any atom is -0.194 e. The van der Waals surface area contributed by atoms with Crippen molar-refractivity contribution < 1.29 is 17.6 Å². The van der Waals surface area contributed by atoms with E-state index in [1.54, 1.807) is 13.0 Å². The molecule has 0 saturated heterocycles. The number of allylic oxidation sites excluding steroid dienone is 6. The van der Waals surface area contributed by atoms with Crippen molar-refractivity contribution >= 4 is 0 Å². The molecular formula is C18H24F4. The first kappa shape index (κ1) is 17.3. The minimum absolute atomic E-state index is 0.00396. The molecule has 0 N–H and O–H groups in total. The van der Waals surface area contributed by atoms with Crippen LogP contribution in [0.1, 0.15) is 58.8 Å². The Hall–Kier alpha value is -1.06. The van der Waals surface area contributed by atoms with Crippen LogP contribution in [-0.4, -0.2) is 11.8 Å². The molecule has 0 radical (unpaired) electrons. The quantitative estimate of drug-likeness (QED) is 0.511. The van der Waals surface area contributed by atoms with E-state index < -0.39 is 23.0 Å². The van der Waals surface area contributed by atoms with Crippen LogP contribution in [0, 0.1) is 5.92 Å². The number of rotatable bonds is 5. The van der Waals surface area contributed by atoms with Gasteiger partial charge in [0.2, 0.25) is 0 Å². The molecule has 22 heavy (non-hydrogen) atoms. The maximum absolute atomic E-state index is 14.3. The van der Waals surface area contributed by atoms with Crippen LogP contribution in [0.4, 0.5) is 17.6 Å². The van der Waals surface area contributed by atoms with Gasteiger partial charge in [0.05, 0.1) is 0 Å². The predicted octanol–water partition coefficient (Wildman–Crippen LogP) is 6.45. The van der Waals surface area contributed by atoms with Gasteiger partial charge < -0.3 is 0 Å². The summed E-state index contributed by atoms with van der Waals surface area (Å²) in [6.45, 7) is 3.81. The van der Waals surface area contributed by atoms with E-state index in [9.17, 15) is 17.6 Å². The number of hydrogen-bond acceptors (Lipinski definition) is 0. The molecule has 0 nitrogen and oxygen atoms in total. The first-order chi connectivity index (χ1) is 10.3. The molecule has 0 bridgehead atoms. The summed E-state index contributed by atoms with van der Waals surface area (Å²) >= 11 is 0. The lowest BCUT2D eigenvalue weighted by molar-refractivity contribution is -0.163. The van der Waals surface area contributed by atoms with Gasteiger partial charge in [0.1, 0.15) is 0 Å². The summed E-state index contributed by atoms with van der Waals surface area (Å²) in [4.78, 5) is 0. The predicted molar refractivity (Wildman–Crippen MR) is 81.3 cm³/mol. The molecule has 1 atom stereocenters.